The molecule has 4 atom stereocenters. The van der Waals surface area contributed by atoms with Gasteiger partial charge in [-0.2, -0.15) is 0 Å². The zero-order valence-corrected chi connectivity index (χ0v) is 38.2. The lowest BCUT2D eigenvalue weighted by molar-refractivity contribution is -0.140. The van der Waals surface area contributed by atoms with Crippen LogP contribution >= 0.6 is 0 Å². The number of carbonyl (C=O) groups is 5. The number of fused-ring (bicyclic) bond motifs is 1. The molecule has 1 saturated heterocycles. The number of hydrogen-bond acceptors (Lipinski definition) is 8. The van der Waals surface area contributed by atoms with E-state index < -0.39 is 36.2 Å². The Hall–Kier alpha value is -7.42. The van der Waals surface area contributed by atoms with E-state index in [1.54, 1.807) is 70.0 Å². The lowest BCUT2D eigenvalue weighted by Crippen LogP contribution is -2.51. The highest BCUT2D eigenvalue weighted by Gasteiger charge is 2.38. The summed E-state index contributed by atoms with van der Waals surface area (Å²) in [7, 11) is 0. The van der Waals surface area contributed by atoms with Crippen molar-refractivity contribution < 1.29 is 33.4 Å². The monoisotopic (exact) mass is 894 g/mol. The number of aromatic nitrogens is 3. The molecule has 6 aromatic rings. The maximum Gasteiger partial charge on any atom is 0.408 e. The lowest BCUT2D eigenvalue weighted by atomic mass is 10.0. The number of likely N-dealkylation sites (tertiary alicyclic amines) is 1. The van der Waals surface area contributed by atoms with Crippen LogP contribution in [0, 0.1) is 0 Å². The van der Waals surface area contributed by atoms with Gasteiger partial charge in [0.15, 0.2) is 0 Å². The number of hydrogen-bond donors (Lipinski definition) is 5. The molecule has 7 rings (SSSR count). The zero-order chi connectivity index (χ0) is 46.9. The molecule has 15 nitrogen and oxygen atoms in total. The van der Waals surface area contributed by atoms with Gasteiger partial charge in [-0.15, -0.1) is 0 Å². The molecular formula is C51H58N8O7. The summed E-state index contributed by atoms with van der Waals surface area (Å²) in [5, 5.41) is 9.43. The Kier molecular flexibility index (Phi) is 14.9. The molecular weight excluding hydrogens is 837 g/mol. The fourth-order valence-corrected chi connectivity index (χ4v) is 8.21. The van der Waals surface area contributed by atoms with E-state index >= 15 is 0 Å². The first-order valence-corrected chi connectivity index (χ1v) is 22.5. The number of rotatable bonds is 16. The number of nitrogens with one attached hydrogen (secondary N) is 5. The van der Waals surface area contributed by atoms with Gasteiger partial charge >= 0.3 is 12.2 Å². The summed E-state index contributed by atoms with van der Waals surface area (Å²) in [6, 6.07) is 30.6. The molecule has 15 heteroatoms. The standard InChI is InChI=1S/C51H58N8O7/c1-7-26-58(48(61)44(35-15-10-8-11-16-35)56-50(63)65-31(2)3)33(6)47(60)53-39-23-20-34(21-24-39)41-29-38-28-37(22-25-40(38)54-41)42-30-52-46(55-42)43-19-14-27-59(43)49(62)45(36-17-12-9-13-18-36)57-51(64)66-32(4)5/h8-13,15-18,20-25,28-33,43-45,54H,7,14,19,26-27H2,1-6H3,(H,52,55)(H,53,60)(H,56,63)(H,57,64)/t33-,43-,44+,45+/m0/s1. The first-order chi connectivity index (χ1) is 31.8. The van der Waals surface area contributed by atoms with Crippen LogP contribution in [0.1, 0.15) is 95.9 Å². The van der Waals surface area contributed by atoms with E-state index in [0.29, 0.717) is 42.1 Å². The minimum absolute atomic E-state index is 0.229. The van der Waals surface area contributed by atoms with Crippen LogP contribution in [-0.2, 0) is 23.9 Å². The number of nitrogens with zero attached hydrogens (tertiary/aromatic N) is 3. The fraction of sp³-hybridized carbons (Fsp3) is 0.333. The van der Waals surface area contributed by atoms with Gasteiger partial charge in [0.1, 0.15) is 23.9 Å². The molecule has 3 heterocycles. The van der Waals surface area contributed by atoms with Gasteiger partial charge in [0.2, 0.25) is 5.91 Å². The van der Waals surface area contributed by atoms with Crippen LogP contribution in [0.4, 0.5) is 15.3 Å². The number of aromatic amines is 2. The summed E-state index contributed by atoms with van der Waals surface area (Å²) in [6.45, 7) is 11.4. The number of imidazole rings is 1. The van der Waals surface area contributed by atoms with Crippen molar-refractivity contribution in [3.05, 3.63) is 132 Å². The number of amides is 5. The molecule has 0 unspecified atom stereocenters. The first-order valence-electron chi connectivity index (χ1n) is 22.5. The highest BCUT2D eigenvalue weighted by molar-refractivity contribution is 5.98. The number of anilines is 1. The summed E-state index contributed by atoms with van der Waals surface area (Å²) in [4.78, 5) is 82.2. The van der Waals surface area contributed by atoms with E-state index in [0.717, 1.165) is 46.3 Å². The molecule has 1 aliphatic heterocycles. The number of H-pyrrole nitrogens is 2. The van der Waals surface area contributed by atoms with Crippen LogP contribution in [0.3, 0.4) is 0 Å². The Bertz CT molecular complexity index is 2630. The molecule has 1 fully saturated rings. The molecule has 4 aromatic carbocycles. The molecule has 2 aromatic heterocycles. The Morgan fingerprint density at radius 3 is 1.97 bits per heavy atom. The average Bonchev–Trinajstić information content (AvgIpc) is 4.09. The topological polar surface area (TPSA) is 191 Å². The van der Waals surface area contributed by atoms with Gasteiger partial charge in [-0.3, -0.25) is 14.4 Å². The van der Waals surface area contributed by atoms with E-state index in [-0.39, 0.29) is 30.1 Å². The van der Waals surface area contributed by atoms with Crippen LogP contribution in [-0.4, -0.2) is 86.0 Å². The minimum atomic E-state index is -1.05. The Labute approximate surface area is 384 Å². The second-order valence-corrected chi connectivity index (χ2v) is 17.0. The van der Waals surface area contributed by atoms with Gasteiger partial charge in [0.05, 0.1) is 30.1 Å². The molecule has 66 heavy (non-hydrogen) atoms. The van der Waals surface area contributed by atoms with Crippen molar-refractivity contribution >= 4 is 46.5 Å². The minimum Gasteiger partial charge on any atom is -0.447 e. The van der Waals surface area contributed by atoms with Crippen molar-refractivity contribution in [1.29, 1.82) is 0 Å². The summed E-state index contributed by atoms with van der Waals surface area (Å²) < 4.78 is 10.6. The predicted octanol–water partition coefficient (Wildman–Crippen LogP) is 9.21. The smallest absolute Gasteiger partial charge is 0.408 e. The predicted molar refractivity (Wildman–Crippen MR) is 253 cm³/mol. The lowest BCUT2D eigenvalue weighted by Gasteiger charge is -2.32. The van der Waals surface area contributed by atoms with Crippen molar-refractivity contribution in [2.24, 2.45) is 0 Å². The van der Waals surface area contributed by atoms with Crippen molar-refractivity contribution in [2.45, 2.75) is 97.2 Å². The van der Waals surface area contributed by atoms with Crippen LogP contribution in [0.25, 0.3) is 33.4 Å². The van der Waals surface area contributed by atoms with Crippen LogP contribution in [0.2, 0.25) is 0 Å². The van der Waals surface area contributed by atoms with Gasteiger partial charge in [0, 0.05) is 40.9 Å². The van der Waals surface area contributed by atoms with Crippen molar-refractivity contribution in [3.8, 4) is 22.5 Å². The summed E-state index contributed by atoms with van der Waals surface area (Å²) in [6.07, 6.45) is 1.81. The molecule has 0 aliphatic carbocycles. The van der Waals surface area contributed by atoms with Gasteiger partial charge in [-0.25, -0.2) is 14.6 Å². The maximum absolute atomic E-state index is 14.1. The third-order valence-electron chi connectivity index (χ3n) is 11.4. The van der Waals surface area contributed by atoms with Crippen LogP contribution in [0.5, 0.6) is 0 Å². The summed E-state index contributed by atoms with van der Waals surface area (Å²) in [5.74, 6) is -0.346. The SMILES string of the molecule is CCCN(C(=O)[C@H](NC(=O)OC(C)C)c1ccccc1)[C@@H](C)C(=O)Nc1ccc(-c2cc3cc(-c4cnc([C@@H]5CCCN5C(=O)[C@H](NC(=O)OC(C)C)c5ccccc5)[nH]4)ccc3[nH]2)cc1. The molecule has 0 saturated carbocycles. The highest BCUT2D eigenvalue weighted by Crippen LogP contribution is 2.35. The Morgan fingerprint density at radius 2 is 1.35 bits per heavy atom. The highest BCUT2D eigenvalue weighted by atomic mass is 16.6. The zero-order valence-electron chi connectivity index (χ0n) is 38.2. The second-order valence-electron chi connectivity index (χ2n) is 17.0. The normalized spacial score (nSPS) is 15.0. The quantitative estimate of drug-likeness (QED) is 0.0635. The number of benzene rings is 4. The summed E-state index contributed by atoms with van der Waals surface area (Å²) in [5.41, 5.74) is 6.26. The Morgan fingerprint density at radius 1 is 0.742 bits per heavy atom. The Balaban J connectivity index is 1.02. The molecule has 0 bridgehead atoms. The molecule has 1 aliphatic rings. The fourth-order valence-electron chi connectivity index (χ4n) is 8.21. The van der Waals surface area contributed by atoms with Crippen molar-refractivity contribution in [2.75, 3.05) is 18.4 Å². The van der Waals surface area contributed by atoms with E-state index in [9.17, 15) is 24.0 Å². The summed E-state index contributed by atoms with van der Waals surface area (Å²) >= 11 is 0. The largest absolute Gasteiger partial charge is 0.447 e. The first kappa shape index (κ1) is 46.6. The van der Waals surface area contributed by atoms with Gasteiger partial charge in [0.25, 0.3) is 11.8 Å². The molecule has 5 amide bonds. The van der Waals surface area contributed by atoms with Crippen molar-refractivity contribution in [3.63, 3.8) is 0 Å². The third-order valence-corrected chi connectivity index (χ3v) is 11.4. The van der Waals surface area contributed by atoms with E-state index in [1.165, 1.54) is 4.90 Å². The van der Waals surface area contributed by atoms with Gasteiger partial charge in [-0.05, 0) is 101 Å². The van der Waals surface area contributed by atoms with E-state index in [1.807, 2.05) is 79.7 Å². The molecule has 0 radical (unpaired) electrons. The van der Waals surface area contributed by atoms with Gasteiger partial charge in [-0.1, -0.05) is 85.8 Å². The maximum atomic E-state index is 14.1. The number of alkyl carbamates (subject to hydrolysis) is 2. The molecule has 5 N–H and O–H groups in total. The van der Waals surface area contributed by atoms with E-state index in [2.05, 4.69) is 38.1 Å². The van der Waals surface area contributed by atoms with E-state index in [4.69, 9.17) is 14.5 Å². The number of ether oxygens (including phenoxy) is 2. The van der Waals surface area contributed by atoms with Crippen molar-refractivity contribution in [1.82, 2.24) is 35.4 Å². The molecule has 344 valence electrons. The van der Waals surface area contributed by atoms with Crippen LogP contribution < -0.4 is 16.0 Å². The van der Waals surface area contributed by atoms with Gasteiger partial charge < -0.3 is 45.2 Å². The average molecular weight is 895 g/mol. The molecule has 0 spiro atoms. The van der Waals surface area contributed by atoms with Crippen LogP contribution in [0.15, 0.2) is 115 Å². The third kappa shape index (κ3) is 11.1. The second kappa shape index (κ2) is 21.0. The number of carbonyl (C=O) groups excluding carboxylic acids is 5.